The Bertz CT molecular complexity index is 732. The molecule has 0 saturated carbocycles. The van der Waals surface area contributed by atoms with Crippen molar-refractivity contribution < 1.29 is 4.74 Å². The van der Waals surface area contributed by atoms with Crippen LogP contribution in [0.5, 0.6) is 5.88 Å². The van der Waals surface area contributed by atoms with Crippen LogP contribution in [-0.4, -0.2) is 35.1 Å². The average Bonchev–Trinajstić information content (AvgIpc) is 3.11. The lowest BCUT2D eigenvalue weighted by Gasteiger charge is -2.50. The van der Waals surface area contributed by atoms with E-state index < -0.39 is 0 Å². The molecule has 114 valence electrons. The molecule has 0 unspecified atom stereocenters. The summed E-state index contributed by atoms with van der Waals surface area (Å²) in [5.74, 6) is 1.59. The molecule has 6 rings (SSSR count). The zero-order chi connectivity index (χ0) is 14.7. The van der Waals surface area contributed by atoms with Gasteiger partial charge >= 0.3 is 0 Å². The number of hydrogen-bond acceptors (Lipinski definition) is 4. The summed E-state index contributed by atoms with van der Waals surface area (Å²) < 4.78 is 6.42. The molecule has 2 aromatic heterocycles. The standard InChI is InChI=1S/C18H20N2OS/c1-12-6-16(22-10-12)14-7-13-8-18(21-17(13)19-9-14)11-20-4-2-15(18)3-5-20/h6-7,9-10,15H,2-5,8,11H2,1H3/t18-/m0/s1. The van der Waals surface area contributed by atoms with E-state index in [1.54, 1.807) is 11.3 Å². The molecule has 4 heteroatoms. The molecular formula is C18H20N2OS. The summed E-state index contributed by atoms with van der Waals surface area (Å²) in [4.78, 5) is 8.52. The predicted octanol–water partition coefficient (Wildman–Crippen LogP) is 3.52. The van der Waals surface area contributed by atoms with Crippen molar-refractivity contribution in [2.24, 2.45) is 5.92 Å². The van der Waals surface area contributed by atoms with Crippen molar-refractivity contribution in [3.05, 3.63) is 34.8 Å². The van der Waals surface area contributed by atoms with Crippen LogP contribution in [0.1, 0.15) is 24.0 Å². The number of piperidine rings is 3. The number of aromatic nitrogens is 1. The van der Waals surface area contributed by atoms with Crippen molar-refractivity contribution in [3.63, 3.8) is 0 Å². The van der Waals surface area contributed by atoms with Crippen LogP contribution < -0.4 is 4.74 Å². The molecule has 4 aliphatic rings. The van der Waals surface area contributed by atoms with Crippen molar-refractivity contribution in [1.29, 1.82) is 0 Å². The Hall–Kier alpha value is -1.39. The third kappa shape index (κ3) is 1.87. The third-order valence-electron chi connectivity index (χ3n) is 5.55. The number of rotatable bonds is 1. The fraction of sp³-hybridized carbons (Fsp3) is 0.500. The summed E-state index contributed by atoms with van der Waals surface area (Å²) >= 11 is 1.80. The monoisotopic (exact) mass is 312 g/mol. The van der Waals surface area contributed by atoms with E-state index in [4.69, 9.17) is 4.74 Å². The summed E-state index contributed by atoms with van der Waals surface area (Å²) in [6.45, 7) is 5.73. The molecule has 2 aromatic rings. The van der Waals surface area contributed by atoms with Crippen LogP contribution in [0.2, 0.25) is 0 Å². The van der Waals surface area contributed by atoms with Crippen LogP contribution in [-0.2, 0) is 6.42 Å². The van der Waals surface area contributed by atoms with Gasteiger partial charge in [-0.3, -0.25) is 4.90 Å². The Balaban J connectivity index is 1.49. The van der Waals surface area contributed by atoms with Crippen molar-refractivity contribution >= 4 is 11.3 Å². The van der Waals surface area contributed by atoms with Crippen LogP contribution in [0.15, 0.2) is 23.7 Å². The highest BCUT2D eigenvalue weighted by Crippen LogP contribution is 2.46. The highest BCUT2D eigenvalue weighted by atomic mass is 32.1. The normalized spacial score (nSPS) is 32.2. The highest BCUT2D eigenvalue weighted by molar-refractivity contribution is 7.13. The van der Waals surface area contributed by atoms with Gasteiger partial charge in [-0.2, -0.15) is 0 Å². The molecule has 2 bridgehead atoms. The minimum Gasteiger partial charge on any atom is -0.469 e. The summed E-state index contributed by atoms with van der Waals surface area (Å²) in [7, 11) is 0. The number of pyridine rings is 1. The van der Waals surface area contributed by atoms with E-state index >= 15 is 0 Å². The Labute approximate surface area is 134 Å². The van der Waals surface area contributed by atoms with Gasteiger partial charge in [0.2, 0.25) is 5.88 Å². The molecule has 1 spiro atoms. The molecule has 4 aliphatic heterocycles. The predicted molar refractivity (Wildman–Crippen MR) is 88.5 cm³/mol. The van der Waals surface area contributed by atoms with E-state index in [9.17, 15) is 0 Å². The number of aryl methyl sites for hydroxylation is 1. The van der Waals surface area contributed by atoms with E-state index in [2.05, 4.69) is 34.3 Å². The number of hydrogen-bond donors (Lipinski definition) is 0. The largest absolute Gasteiger partial charge is 0.469 e. The topological polar surface area (TPSA) is 25.4 Å². The Morgan fingerprint density at radius 3 is 2.86 bits per heavy atom. The van der Waals surface area contributed by atoms with Crippen molar-refractivity contribution in [1.82, 2.24) is 9.88 Å². The van der Waals surface area contributed by atoms with Gasteiger partial charge in [0.15, 0.2) is 0 Å². The molecule has 0 aromatic carbocycles. The first-order chi connectivity index (χ1) is 10.7. The van der Waals surface area contributed by atoms with Gasteiger partial charge < -0.3 is 4.74 Å². The first-order valence-corrected chi connectivity index (χ1v) is 9.06. The fourth-order valence-electron chi connectivity index (χ4n) is 4.43. The number of thiophene rings is 1. The second-order valence-electron chi connectivity index (χ2n) is 7.07. The van der Waals surface area contributed by atoms with Crippen molar-refractivity contribution in [3.8, 4) is 16.3 Å². The molecule has 3 saturated heterocycles. The molecule has 3 fully saturated rings. The highest BCUT2D eigenvalue weighted by Gasteiger charge is 2.52. The molecule has 3 nitrogen and oxygen atoms in total. The number of fused-ring (bicyclic) bond motifs is 3. The van der Waals surface area contributed by atoms with Crippen LogP contribution in [0.4, 0.5) is 0 Å². The van der Waals surface area contributed by atoms with Gasteiger partial charge in [-0.1, -0.05) is 0 Å². The fourth-order valence-corrected chi connectivity index (χ4v) is 5.31. The lowest BCUT2D eigenvalue weighted by Crippen LogP contribution is -2.61. The van der Waals surface area contributed by atoms with Crippen molar-refractivity contribution in [2.75, 3.05) is 19.6 Å². The first kappa shape index (κ1) is 13.1. The van der Waals surface area contributed by atoms with Gasteiger partial charge in [0.25, 0.3) is 0 Å². The van der Waals surface area contributed by atoms with Crippen LogP contribution >= 0.6 is 11.3 Å². The minimum atomic E-state index is 0.00975. The maximum absolute atomic E-state index is 6.42. The molecular weight excluding hydrogens is 292 g/mol. The summed E-state index contributed by atoms with van der Waals surface area (Å²) in [5.41, 5.74) is 3.87. The summed E-state index contributed by atoms with van der Waals surface area (Å²) in [6, 6.07) is 4.55. The smallest absolute Gasteiger partial charge is 0.217 e. The van der Waals surface area contributed by atoms with E-state index in [1.165, 1.54) is 47.5 Å². The van der Waals surface area contributed by atoms with Gasteiger partial charge in [-0.15, -0.1) is 11.3 Å². The maximum Gasteiger partial charge on any atom is 0.217 e. The van der Waals surface area contributed by atoms with Crippen LogP contribution in [0.25, 0.3) is 10.4 Å². The molecule has 0 aliphatic carbocycles. The molecule has 1 atom stereocenters. The molecule has 0 radical (unpaired) electrons. The van der Waals surface area contributed by atoms with E-state index in [0.29, 0.717) is 5.92 Å². The van der Waals surface area contributed by atoms with Gasteiger partial charge in [0, 0.05) is 41.1 Å². The summed E-state index contributed by atoms with van der Waals surface area (Å²) in [5, 5.41) is 2.20. The quantitative estimate of drug-likeness (QED) is 0.805. The lowest BCUT2D eigenvalue weighted by atomic mass is 9.73. The van der Waals surface area contributed by atoms with Crippen LogP contribution in [0, 0.1) is 12.8 Å². The molecule has 6 heterocycles. The van der Waals surface area contributed by atoms with E-state index in [-0.39, 0.29) is 5.60 Å². The maximum atomic E-state index is 6.42. The molecule has 0 N–H and O–H groups in total. The molecule has 22 heavy (non-hydrogen) atoms. The van der Waals surface area contributed by atoms with Gasteiger partial charge in [-0.25, -0.2) is 4.98 Å². The second-order valence-corrected chi connectivity index (χ2v) is 7.98. The number of ether oxygens (including phenoxy) is 1. The van der Waals surface area contributed by atoms with Gasteiger partial charge in [0.1, 0.15) is 5.60 Å². The average molecular weight is 312 g/mol. The van der Waals surface area contributed by atoms with Crippen LogP contribution in [0.3, 0.4) is 0 Å². The summed E-state index contributed by atoms with van der Waals surface area (Å²) in [6.07, 6.45) is 5.58. The van der Waals surface area contributed by atoms with E-state index in [1.807, 2.05) is 6.20 Å². The second kappa shape index (κ2) is 4.56. The SMILES string of the molecule is Cc1csc(-c2cnc3c(c2)C[C@@]2(CN4CCC2CC4)O3)c1. The Morgan fingerprint density at radius 1 is 1.32 bits per heavy atom. The Morgan fingerprint density at radius 2 is 2.18 bits per heavy atom. The third-order valence-corrected chi connectivity index (χ3v) is 6.65. The zero-order valence-corrected chi connectivity index (χ0v) is 13.7. The van der Waals surface area contributed by atoms with Gasteiger partial charge in [0.05, 0.1) is 0 Å². The molecule has 0 amide bonds. The van der Waals surface area contributed by atoms with E-state index in [0.717, 1.165) is 18.8 Å². The Kier molecular flexibility index (Phi) is 2.71. The first-order valence-electron chi connectivity index (χ1n) is 8.18. The van der Waals surface area contributed by atoms with Gasteiger partial charge in [-0.05, 0) is 55.9 Å². The zero-order valence-electron chi connectivity index (χ0n) is 12.8. The minimum absolute atomic E-state index is 0.00975. The van der Waals surface area contributed by atoms with Crippen molar-refractivity contribution in [2.45, 2.75) is 31.8 Å². The lowest BCUT2D eigenvalue weighted by molar-refractivity contribution is -0.0814. The number of nitrogens with zero attached hydrogens (tertiary/aromatic N) is 2.